The molecule has 0 spiro atoms. The molecule has 0 aromatic heterocycles. The number of halogens is 31. The Kier molecular flexibility index (Phi) is 18.8. The highest BCUT2D eigenvalue weighted by Gasteiger charge is 2.62. The van der Waals surface area contributed by atoms with Crippen molar-refractivity contribution in [1.82, 2.24) is 0 Å². The highest BCUT2D eigenvalue weighted by Crippen LogP contribution is 2.61. The molecule has 1 radical (unpaired) electrons. The first-order valence-corrected chi connectivity index (χ1v) is 25.1. The van der Waals surface area contributed by atoms with Crippen molar-refractivity contribution in [3.05, 3.63) is 149 Å². The fourth-order valence-electron chi connectivity index (χ4n) is 7.41. The zero-order valence-corrected chi connectivity index (χ0v) is 46.9. The standard InChI is InChI=1S/C47H8Cl13F18O3/c48-11-3-1-9(2-4-11)18-23(36(63)39(66)38(65)35(18)62)21-20(27(54)31(58)32(59)28(21)55)22-24(34(61)33(60)37(64)29(22)56)19-13(8-17(51)41(30(19)57)80-46(74,75)45(71,72)73)14-7-12(25(52)42(26(14)53)81-47(76,77)78)10-5-15(49)40(16(50)6-10)79-44(69,70)43(67)68/h1-6,8,43H. The largest absolute Gasteiger partial charge is 0.573 e. The second-order valence-corrected chi connectivity index (χ2v) is 20.7. The van der Waals surface area contributed by atoms with Crippen LogP contribution in [0.3, 0.4) is 0 Å². The quantitative estimate of drug-likeness (QED) is 0.0693. The summed E-state index contributed by atoms with van der Waals surface area (Å²) in [6.07, 6.45) is -28.9. The minimum absolute atomic E-state index is 0.113. The highest BCUT2D eigenvalue weighted by atomic mass is 35.5. The summed E-state index contributed by atoms with van der Waals surface area (Å²) < 4.78 is 279. The van der Waals surface area contributed by atoms with Gasteiger partial charge in [-0.1, -0.05) is 163 Å². The minimum atomic E-state index is -6.72. The Bertz CT molecular complexity index is 3740. The molecule has 0 unspecified atom stereocenters. The molecular formula is C47H8Cl13F18O3. The molecule has 7 rings (SSSR count). The van der Waals surface area contributed by atoms with E-state index in [1.165, 1.54) is 0 Å². The predicted molar refractivity (Wildman–Crippen MR) is 273 cm³/mol. The van der Waals surface area contributed by atoms with Crippen LogP contribution in [0.15, 0.2) is 42.5 Å². The maximum absolute atomic E-state index is 17.7. The molecule has 0 aliphatic carbocycles. The maximum Gasteiger partial charge on any atom is 0.573 e. The van der Waals surface area contributed by atoms with Crippen LogP contribution in [0.25, 0.3) is 66.8 Å². The lowest BCUT2D eigenvalue weighted by atomic mass is 9.83. The van der Waals surface area contributed by atoms with Gasteiger partial charge >= 0.3 is 31.2 Å². The van der Waals surface area contributed by atoms with Crippen molar-refractivity contribution in [2.75, 3.05) is 0 Å². The van der Waals surface area contributed by atoms with E-state index in [4.69, 9.17) is 151 Å². The van der Waals surface area contributed by atoms with Gasteiger partial charge in [-0.3, -0.25) is 0 Å². The maximum atomic E-state index is 17.7. The number of alkyl halides is 12. The number of benzene rings is 7. The lowest BCUT2D eigenvalue weighted by Gasteiger charge is -2.27. The summed E-state index contributed by atoms with van der Waals surface area (Å²) in [5.74, 6) is -19.7. The Morgan fingerprint density at radius 2 is 0.827 bits per heavy atom. The van der Waals surface area contributed by atoms with Crippen molar-refractivity contribution in [3.8, 4) is 84.0 Å². The number of ether oxygens (including phenoxy) is 3. The van der Waals surface area contributed by atoms with Crippen LogP contribution in [-0.4, -0.2) is 31.2 Å². The van der Waals surface area contributed by atoms with E-state index in [0.717, 1.165) is 24.3 Å². The van der Waals surface area contributed by atoms with E-state index in [0.29, 0.717) is 12.1 Å². The molecule has 7 aromatic carbocycles. The molecule has 0 heterocycles. The van der Waals surface area contributed by atoms with Gasteiger partial charge in [-0.25, -0.2) is 26.3 Å². The van der Waals surface area contributed by atoms with E-state index in [-0.39, 0.29) is 11.1 Å². The van der Waals surface area contributed by atoms with Crippen LogP contribution < -0.4 is 14.2 Å². The van der Waals surface area contributed by atoms with Crippen molar-refractivity contribution < 1.29 is 93.2 Å². The van der Waals surface area contributed by atoms with Gasteiger partial charge in [0.15, 0.2) is 52.2 Å². The second-order valence-electron chi connectivity index (χ2n) is 15.7. The molecule has 81 heavy (non-hydrogen) atoms. The summed E-state index contributed by atoms with van der Waals surface area (Å²) in [6, 6.07) is 6.98. The predicted octanol–water partition coefficient (Wildman–Crippen LogP) is 24.5. The van der Waals surface area contributed by atoms with Crippen LogP contribution in [0.2, 0.25) is 65.3 Å². The second kappa shape index (κ2) is 23.4. The summed E-state index contributed by atoms with van der Waals surface area (Å²) in [6.45, 7) is 0. The molecule has 7 aromatic rings. The molecule has 0 fully saturated rings. The Morgan fingerprint density at radius 3 is 1.32 bits per heavy atom. The van der Waals surface area contributed by atoms with Gasteiger partial charge in [0, 0.05) is 61.2 Å². The van der Waals surface area contributed by atoms with E-state index < -0.39 is 210 Å². The van der Waals surface area contributed by atoms with Crippen LogP contribution in [-0.2, 0) is 0 Å². The monoisotopic (exact) mass is 1420 g/mol. The van der Waals surface area contributed by atoms with Crippen molar-refractivity contribution in [2.45, 2.75) is 31.2 Å². The third-order valence-electron chi connectivity index (χ3n) is 10.8. The first kappa shape index (κ1) is 65.0. The average Bonchev–Trinajstić information content (AvgIpc) is 3.48. The summed E-state index contributed by atoms with van der Waals surface area (Å²) in [5, 5.41) is -16.9. The van der Waals surface area contributed by atoms with Gasteiger partial charge in [0.05, 0.1) is 55.2 Å². The van der Waals surface area contributed by atoms with E-state index in [1.807, 2.05) is 0 Å². The molecule has 0 N–H and O–H groups in total. The van der Waals surface area contributed by atoms with E-state index in [9.17, 15) is 52.7 Å². The van der Waals surface area contributed by atoms with Gasteiger partial charge in [0.2, 0.25) is 0 Å². The van der Waals surface area contributed by atoms with Gasteiger partial charge in [0.25, 0.3) is 0 Å². The minimum Gasteiger partial charge on any atom is -0.425 e. The third-order valence-corrected chi connectivity index (χ3v) is 15.4. The summed E-state index contributed by atoms with van der Waals surface area (Å²) >= 11 is 82.6. The molecule has 0 amide bonds. The zero-order chi connectivity index (χ0) is 61.0. The van der Waals surface area contributed by atoms with Gasteiger partial charge in [-0.2, -0.15) is 39.5 Å². The molecule has 3 nitrogen and oxygen atoms in total. The van der Waals surface area contributed by atoms with Crippen LogP contribution in [0.4, 0.5) is 79.0 Å². The number of hydrogen-bond acceptors (Lipinski definition) is 3. The fraction of sp³-hybridized carbons (Fsp3) is 0.106. The lowest BCUT2D eigenvalue weighted by Crippen LogP contribution is -2.42. The lowest BCUT2D eigenvalue weighted by molar-refractivity contribution is -0.360. The molecule has 0 saturated carbocycles. The summed E-state index contributed by atoms with van der Waals surface area (Å²) in [7, 11) is 0. The van der Waals surface area contributed by atoms with Gasteiger partial charge in [-0.15, -0.1) is 13.2 Å². The molecule has 0 atom stereocenters. The zero-order valence-electron chi connectivity index (χ0n) is 37.1. The fourth-order valence-corrected chi connectivity index (χ4v) is 10.9. The summed E-state index contributed by atoms with van der Waals surface area (Å²) in [5.41, 5.74) is -16.1. The first-order chi connectivity index (χ1) is 37.2. The van der Waals surface area contributed by atoms with Crippen LogP contribution in [0.5, 0.6) is 17.2 Å². The van der Waals surface area contributed by atoms with E-state index in [1.54, 1.807) is 0 Å². The Balaban J connectivity index is 1.76. The van der Waals surface area contributed by atoms with Crippen LogP contribution in [0.1, 0.15) is 0 Å². The average molecular weight is 1420 g/mol. The molecule has 0 aliphatic rings. The molecule has 431 valence electrons. The number of hydrogen-bond donors (Lipinski definition) is 0. The molecule has 0 aliphatic heterocycles. The van der Waals surface area contributed by atoms with E-state index >= 15 is 26.3 Å². The van der Waals surface area contributed by atoms with Gasteiger partial charge < -0.3 is 14.2 Å². The number of rotatable bonds is 12. The van der Waals surface area contributed by atoms with Gasteiger partial charge in [0.1, 0.15) is 5.02 Å². The molecule has 0 bridgehead atoms. The van der Waals surface area contributed by atoms with Crippen molar-refractivity contribution in [2.24, 2.45) is 0 Å². The topological polar surface area (TPSA) is 27.7 Å². The van der Waals surface area contributed by atoms with Crippen molar-refractivity contribution >= 4 is 151 Å². The Labute approximate surface area is 504 Å². The normalized spacial score (nSPS) is 12.5. The third kappa shape index (κ3) is 11.9. The molecule has 0 saturated heterocycles. The summed E-state index contributed by atoms with van der Waals surface area (Å²) in [4.78, 5) is 0. The van der Waals surface area contributed by atoms with Crippen molar-refractivity contribution in [1.29, 1.82) is 0 Å². The van der Waals surface area contributed by atoms with Crippen LogP contribution >= 0.6 is 151 Å². The Morgan fingerprint density at radius 1 is 0.370 bits per heavy atom. The smallest absolute Gasteiger partial charge is 0.425 e. The SMILES string of the molecule is Fc1c(F)c(F)c(-c2c(Cl)c(Cl)c(Cl)c(Cl)c2-c2c(Cl)c(F)c(Cl)c(F)c2-c2c(-c3[c]c(-c4cc(Cl)c(OC(F)(F)C(F)F)c(Cl)c4)c(Cl)c(OC(F)(F)F)c3Cl)cc(Cl)c(OC(F)(F)C(F)(F)F)c2Cl)c(-c2ccc(Cl)cc2)c1F. The molecular weight excluding hydrogens is 1420 g/mol. The Hall–Kier alpha value is -3.55. The van der Waals surface area contributed by atoms with Crippen LogP contribution in [0, 0.1) is 41.0 Å². The van der Waals surface area contributed by atoms with Crippen molar-refractivity contribution in [3.63, 3.8) is 0 Å². The van der Waals surface area contributed by atoms with E-state index in [2.05, 4.69) is 20.3 Å². The van der Waals surface area contributed by atoms with Gasteiger partial charge in [-0.05, 0) is 47.0 Å². The molecule has 34 heteroatoms. The first-order valence-electron chi connectivity index (χ1n) is 20.2. The highest BCUT2D eigenvalue weighted by molar-refractivity contribution is 6.55.